The minimum atomic E-state index is -4.78. The standard InChI is InChI=1S/C17H21F3N2O4/c1-16(2,3)26-15(24)22-9-8-12(10-22)21-14(23)11-4-6-13(7-5-11)25-17(18,19)20/h4-7,12H,8-10H2,1-3H3,(H,21,23)/t12-/m1/s1. The van der Waals surface area contributed by atoms with Crippen molar-refractivity contribution in [3.63, 3.8) is 0 Å². The van der Waals surface area contributed by atoms with Gasteiger partial charge >= 0.3 is 12.5 Å². The summed E-state index contributed by atoms with van der Waals surface area (Å²) in [5.74, 6) is -0.828. The van der Waals surface area contributed by atoms with Gasteiger partial charge in [-0.3, -0.25) is 4.79 Å². The van der Waals surface area contributed by atoms with Crippen LogP contribution in [0.25, 0.3) is 0 Å². The number of rotatable bonds is 3. The van der Waals surface area contributed by atoms with Gasteiger partial charge in [-0.05, 0) is 51.5 Å². The molecule has 6 nitrogen and oxygen atoms in total. The van der Waals surface area contributed by atoms with Crippen molar-refractivity contribution >= 4 is 12.0 Å². The van der Waals surface area contributed by atoms with Crippen LogP contribution in [-0.2, 0) is 4.74 Å². The zero-order valence-electron chi connectivity index (χ0n) is 14.7. The molecule has 1 aromatic carbocycles. The van der Waals surface area contributed by atoms with Crippen molar-refractivity contribution in [3.05, 3.63) is 29.8 Å². The van der Waals surface area contributed by atoms with E-state index in [4.69, 9.17) is 4.74 Å². The van der Waals surface area contributed by atoms with Crippen LogP contribution < -0.4 is 10.1 Å². The predicted octanol–water partition coefficient (Wildman–Crippen LogP) is 3.32. The van der Waals surface area contributed by atoms with Gasteiger partial charge in [0.2, 0.25) is 0 Å². The number of ether oxygens (including phenoxy) is 2. The van der Waals surface area contributed by atoms with E-state index in [0.717, 1.165) is 12.1 Å². The highest BCUT2D eigenvalue weighted by Crippen LogP contribution is 2.23. The SMILES string of the molecule is CC(C)(C)OC(=O)N1CC[C@@H](NC(=O)c2ccc(OC(F)(F)F)cc2)C1. The maximum absolute atomic E-state index is 12.2. The second-order valence-corrected chi connectivity index (χ2v) is 6.96. The molecule has 26 heavy (non-hydrogen) atoms. The van der Waals surface area contributed by atoms with Crippen molar-refractivity contribution in [2.45, 2.75) is 45.2 Å². The minimum absolute atomic E-state index is 0.204. The number of nitrogens with zero attached hydrogens (tertiary/aromatic N) is 1. The Bertz CT molecular complexity index is 653. The van der Waals surface area contributed by atoms with Crippen LogP contribution >= 0.6 is 0 Å². The fourth-order valence-electron chi connectivity index (χ4n) is 2.45. The predicted molar refractivity (Wildman–Crippen MR) is 86.8 cm³/mol. The molecular formula is C17H21F3N2O4. The molecule has 1 aliphatic rings. The Morgan fingerprint density at radius 1 is 1.15 bits per heavy atom. The monoisotopic (exact) mass is 374 g/mol. The van der Waals surface area contributed by atoms with Crippen molar-refractivity contribution < 1.29 is 32.2 Å². The molecule has 1 heterocycles. The summed E-state index contributed by atoms with van der Waals surface area (Å²) in [6, 6.07) is 4.39. The average molecular weight is 374 g/mol. The lowest BCUT2D eigenvalue weighted by Gasteiger charge is -2.24. The molecule has 0 unspecified atom stereocenters. The number of alkyl halides is 3. The van der Waals surface area contributed by atoms with Crippen LogP contribution in [0.1, 0.15) is 37.6 Å². The van der Waals surface area contributed by atoms with E-state index in [2.05, 4.69) is 10.1 Å². The van der Waals surface area contributed by atoms with Crippen LogP contribution in [-0.4, -0.2) is 48.0 Å². The third-order valence-electron chi connectivity index (χ3n) is 3.53. The Morgan fingerprint density at radius 3 is 2.31 bits per heavy atom. The zero-order chi connectivity index (χ0) is 19.5. The molecule has 0 bridgehead atoms. The zero-order valence-corrected chi connectivity index (χ0v) is 14.7. The normalized spacial score (nSPS) is 17.8. The third kappa shape index (κ3) is 6.12. The summed E-state index contributed by atoms with van der Waals surface area (Å²) < 4.78 is 45.4. The first-order chi connectivity index (χ1) is 11.9. The van der Waals surface area contributed by atoms with Gasteiger partial charge in [0, 0.05) is 24.7 Å². The summed E-state index contributed by atoms with van der Waals surface area (Å²) in [4.78, 5) is 25.7. The maximum Gasteiger partial charge on any atom is 0.573 e. The van der Waals surface area contributed by atoms with Gasteiger partial charge in [-0.25, -0.2) is 4.79 Å². The van der Waals surface area contributed by atoms with Crippen LogP contribution in [0.2, 0.25) is 0 Å². The Hall–Kier alpha value is -2.45. The fraction of sp³-hybridized carbons (Fsp3) is 0.529. The summed E-state index contributed by atoms with van der Waals surface area (Å²) in [6.45, 7) is 6.08. The number of hydrogen-bond acceptors (Lipinski definition) is 4. The molecule has 0 spiro atoms. The van der Waals surface area contributed by atoms with Crippen molar-refractivity contribution in [2.75, 3.05) is 13.1 Å². The van der Waals surface area contributed by atoms with Gasteiger partial charge in [0.25, 0.3) is 5.91 Å². The van der Waals surface area contributed by atoms with Crippen LogP contribution in [0.15, 0.2) is 24.3 Å². The molecule has 9 heteroatoms. The Labute approximate surface area is 149 Å². The summed E-state index contributed by atoms with van der Waals surface area (Å²) in [5.41, 5.74) is -0.395. The molecule has 1 aromatic rings. The largest absolute Gasteiger partial charge is 0.573 e. The number of hydrogen-bond donors (Lipinski definition) is 1. The molecule has 1 aliphatic heterocycles. The molecule has 0 radical (unpaired) electrons. The summed E-state index contributed by atoms with van der Waals surface area (Å²) in [5, 5.41) is 2.76. The van der Waals surface area contributed by atoms with Gasteiger partial charge in [0.15, 0.2) is 0 Å². The Kier molecular flexibility index (Phi) is 5.68. The molecule has 0 saturated carbocycles. The maximum atomic E-state index is 12.2. The number of amides is 2. The van der Waals surface area contributed by atoms with Crippen molar-refractivity contribution in [2.24, 2.45) is 0 Å². The lowest BCUT2D eigenvalue weighted by Crippen LogP contribution is -2.40. The van der Waals surface area contributed by atoms with Crippen LogP contribution in [0.3, 0.4) is 0 Å². The van der Waals surface area contributed by atoms with Gasteiger partial charge in [0.05, 0.1) is 0 Å². The Morgan fingerprint density at radius 2 is 1.77 bits per heavy atom. The van der Waals surface area contributed by atoms with E-state index in [-0.39, 0.29) is 11.6 Å². The van der Waals surface area contributed by atoms with Gasteiger partial charge in [-0.1, -0.05) is 0 Å². The molecule has 1 atom stereocenters. The number of halogens is 3. The second-order valence-electron chi connectivity index (χ2n) is 6.96. The first kappa shape index (κ1) is 19.9. The lowest BCUT2D eigenvalue weighted by atomic mass is 10.2. The first-order valence-electron chi connectivity index (χ1n) is 8.07. The highest BCUT2D eigenvalue weighted by atomic mass is 19.4. The molecule has 144 valence electrons. The molecule has 2 amide bonds. The smallest absolute Gasteiger partial charge is 0.444 e. The van der Waals surface area contributed by atoms with Gasteiger partial charge in [-0.2, -0.15) is 0 Å². The summed E-state index contributed by atoms with van der Waals surface area (Å²) in [6.07, 6.45) is -4.65. The van der Waals surface area contributed by atoms with E-state index in [0.29, 0.717) is 19.5 Å². The molecular weight excluding hydrogens is 353 g/mol. The van der Waals surface area contributed by atoms with E-state index in [1.165, 1.54) is 17.0 Å². The molecule has 0 aliphatic carbocycles. The molecule has 1 N–H and O–H groups in total. The topological polar surface area (TPSA) is 67.9 Å². The first-order valence-corrected chi connectivity index (χ1v) is 8.07. The number of benzene rings is 1. The van der Waals surface area contributed by atoms with Crippen molar-refractivity contribution in [3.8, 4) is 5.75 Å². The summed E-state index contributed by atoms with van der Waals surface area (Å²) in [7, 11) is 0. The van der Waals surface area contributed by atoms with Crippen LogP contribution in [0, 0.1) is 0 Å². The van der Waals surface area contributed by atoms with Crippen LogP contribution in [0.4, 0.5) is 18.0 Å². The van der Waals surface area contributed by atoms with Crippen LogP contribution in [0.5, 0.6) is 5.75 Å². The summed E-state index contributed by atoms with van der Waals surface area (Å²) >= 11 is 0. The van der Waals surface area contributed by atoms with E-state index in [1.807, 2.05) is 0 Å². The highest BCUT2D eigenvalue weighted by molar-refractivity contribution is 5.94. The highest BCUT2D eigenvalue weighted by Gasteiger charge is 2.32. The average Bonchev–Trinajstić information content (AvgIpc) is 2.93. The fourth-order valence-corrected chi connectivity index (χ4v) is 2.45. The van der Waals surface area contributed by atoms with E-state index in [9.17, 15) is 22.8 Å². The molecule has 1 fully saturated rings. The molecule has 2 rings (SSSR count). The van der Waals surface area contributed by atoms with Gasteiger partial charge in [0.1, 0.15) is 11.4 Å². The number of carbonyl (C=O) groups excluding carboxylic acids is 2. The minimum Gasteiger partial charge on any atom is -0.444 e. The van der Waals surface area contributed by atoms with Gasteiger partial charge in [-0.15, -0.1) is 13.2 Å². The van der Waals surface area contributed by atoms with E-state index in [1.54, 1.807) is 20.8 Å². The second kappa shape index (κ2) is 7.43. The molecule has 0 aromatic heterocycles. The third-order valence-corrected chi connectivity index (χ3v) is 3.53. The quantitative estimate of drug-likeness (QED) is 0.881. The lowest BCUT2D eigenvalue weighted by molar-refractivity contribution is -0.274. The Balaban J connectivity index is 1.87. The number of likely N-dealkylation sites (tertiary alicyclic amines) is 1. The van der Waals surface area contributed by atoms with E-state index < -0.39 is 29.7 Å². The molecule has 1 saturated heterocycles. The van der Waals surface area contributed by atoms with Crippen molar-refractivity contribution in [1.29, 1.82) is 0 Å². The number of nitrogens with one attached hydrogen (secondary N) is 1. The van der Waals surface area contributed by atoms with E-state index >= 15 is 0 Å². The number of carbonyl (C=O) groups is 2. The van der Waals surface area contributed by atoms with Gasteiger partial charge < -0.3 is 19.7 Å². The van der Waals surface area contributed by atoms with Crippen molar-refractivity contribution in [1.82, 2.24) is 10.2 Å².